The number of hydrogen-bond donors (Lipinski definition) is 4. The number of benzene rings is 2. The van der Waals surface area contributed by atoms with Crippen molar-refractivity contribution >= 4 is 29.0 Å². The number of carbonyl (C=O) groups excluding carboxylic acids is 1. The molecule has 4 rings (SSSR count). The highest BCUT2D eigenvalue weighted by molar-refractivity contribution is 6.15. The number of hydrogen-bond acceptors (Lipinski definition) is 5. The van der Waals surface area contributed by atoms with Gasteiger partial charge in [0.05, 0.1) is 7.11 Å². The minimum Gasteiger partial charge on any atom is -0.507 e. The largest absolute Gasteiger partial charge is 0.507 e. The summed E-state index contributed by atoms with van der Waals surface area (Å²) in [6.45, 7) is 5.96. The Balaban J connectivity index is 2.06. The fraction of sp³-hybridized carbons (Fsp3) is 0.192. The quantitative estimate of drug-likeness (QED) is 0.309. The van der Waals surface area contributed by atoms with Crippen LogP contribution in [0.5, 0.6) is 11.5 Å². The third-order valence-corrected chi connectivity index (χ3v) is 5.51. The van der Waals surface area contributed by atoms with Crippen molar-refractivity contribution in [3.63, 3.8) is 0 Å². The second kappa shape index (κ2) is 9.02. The zero-order valence-electron chi connectivity index (χ0n) is 19.8. The van der Waals surface area contributed by atoms with Crippen LogP contribution in [0.15, 0.2) is 60.8 Å². The summed E-state index contributed by atoms with van der Waals surface area (Å²) < 4.78 is 7.25. The van der Waals surface area contributed by atoms with E-state index in [1.165, 1.54) is 11.6 Å². The number of nitrogens with one attached hydrogen (secondary N) is 2. The average molecular weight is 475 g/mol. The third-order valence-electron chi connectivity index (χ3n) is 5.51. The molecule has 0 atom stereocenters. The van der Waals surface area contributed by atoms with E-state index in [-0.39, 0.29) is 17.1 Å². The molecule has 2 heterocycles. The maximum absolute atomic E-state index is 13.4. The average Bonchev–Trinajstić information content (AvgIpc) is 3.15. The number of rotatable bonds is 5. The van der Waals surface area contributed by atoms with Crippen LogP contribution in [0.2, 0.25) is 0 Å². The van der Waals surface area contributed by atoms with Crippen LogP contribution in [0.4, 0.5) is 16.3 Å². The number of para-hydroxylation sites is 2. The van der Waals surface area contributed by atoms with Gasteiger partial charge in [0.2, 0.25) is 0 Å². The van der Waals surface area contributed by atoms with E-state index in [4.69, 9.17) is 4.74 Å². The first kappa shape index (κ1) is 23.6. The van der Waals surface area contributed by atoms with Crippen molar-refractivity contribution in [2.45, 2.75) is 26.2 Å². The lowest BCUT2D eigenvalue weighted by atomic mass is 9.81. The number of amides is 2. The Labute approximate surface area is 202 Å². The number of anilines is 2. The van der Waals surface area contributed by atoms with Gasteiger partial charge < -0.3 is 20.3 Å². The number of carboxylic acid groups (broad SMARTS) is 1. The molecule has 0 bridgehead atoms. The molecular formula is C26H26N4O5. The van der Waals surface area contributed by atoms with Crippen LogP contribution in [0.25, 0.3) is 16.6 Å². The molecule has 180 valence electrons. The summed E-state index contributed by atoms with van der Waals surface area (Å²) in [7, 11) is 1.48. The van der Waals surface area contributed by atoms with E-state index in [2.05, 4.69) is 15.7 Å². The zero-order valence-corrected chi connectivity index (χ0v) is 19.8. The normalized spacial score (nSPS) is 11.3. The monoisotopic (exact) mass is 474 g/mol. The minimum absolute atomic E-state index is 0.0161. The van der Waals surface area contributed by atoms with Gasteiger partial charge in [-0.2, -0.15) is 0 Å². The molecule has 0 saturated heterocycles. The zero-order chi connectivity index (χ0) is 25.3. The number of ether oxygens (including phenoxy) is 1. The van der Waals surface area contributed by atoms with Crippen molar-refractivity contribution in [3.05, 3.63) is 71.9 Å². The van der Waals surface area contributed by atoms with Crippen LogP contribution in [-0.2, 0) is 5.41 Å². The molecule has 4 aromatic rings. The van der Waals surface area contributed by atoms with Gasteiger partial charge in [0.1, 0.15) is 22.6 Å². The van der Waals surface area contributed by atoms with Crippen LogP contribution in [0, 0.1) is 0 Å². The molecule has 0 saturated carbocycles. The Bertz CT molecular complexity index is 1420. The standard InChI is InChI=1S/C26H26N4O5/c1-26(2,3)20-17(16-12-8-9-13-18(16)31)14-30-21(22(20)35-4)19(23(29-30)28-25(33)34)24(32)27-15-10-6-5-7-11-15/h5-14,31H,1-4H3,(H,27,32)(H,28,29)(H,33,34). The van der Waals surface area contributed by atoms with Crippen molar-refractivity contribution in [2.75, 3.05) is 17.7 Å². The second-order valence-corrected chi connectivity index (χ2v) is 8.99. The summed E-state index contributed by atoms with van der Waals surface area (Å²) >= 11 is 0. The molecule has 2 aromatic heterocycles. The summed E-state index contributed by atoms with van der Waals surface area (Å²) in [4.78, 5) is 25.0. The lowest BCUT2D eigenvalue weighted by molar-refractivity contribution is 0.102. The summed E-state index contributed by atoms with van der Waals surface area (Å²) in [5.74, 6) is -0.276. The van der Waals surface area contributed by atoms with E-state index in [0.29, 0.717) is 28.1 Å². The van der Waals surface area contributed by atoms with Gasteiger partial charge in [-0.25, -0.2) is 9.31 Å². The number of fused-ring (bicyclic) bond motifs is 1. The van der Waals surface area contributed by atoms with Crippen molar-refractivity contribution < 1.29 is 24.5 Å². The Morgan fingerprint density at radius 2 is 1.63 bits per heavy atom. The molecule has 0 fully saturated rings. The highest BCUT2D eigenvalue weighted by Gasteiger charge is 2.32. The molecule has 0 aliphatic rings. The van der Waals surface area contributed by atoms with E-state index in [1.807, 2.05) is 26.8 Å². The first-order valence-corrected chi connectivity index (χ1v) is 10.9. The molecule has 2 aromatic carbocycles. The summed E-state index contributed by atoms with van der Waals surface area (Å²) in [6, 6.07) is 15.7. The lowest BCUT2D eigenvalue weighted by Gasteiger charge is -2.27. The predicted molar refractivity (Wildman–Crippen MR) is 134 cm³/mol. The fourth-order valence-corrected chi connectivity index (χ4v) is 4.14. The molecule has 0 aliphatic carbocycles. The summed E-state index contributed by atoms with van der Waals surface area (Å²) in [5, 5.41) is 29.4. The van der Waals surface area contributed by atoms with Crippen LogP contribution in [0.1, 0.15) is 36.7 Å². The first-order valence-electron chi connectivity index (χ1n) is 10.9. The number of aromatic hydroxyl groups is 1. The van der Waals surface area contributed by atoms with Gasteiger partial charge in [0.15, 0.2) is 5.82 Å². The van der Waals surface area contributed by atoms with E-state index in [0.717, 1.165) is 5.56 Å². The van der Waals surface area contributed by atoms with Crippen LogP contribution < -0.4 is 15.4 Å². The summed E-state index contributed by atoms with van der Waals surface area (Å²) in [5.41, 5.74) is 2.29. The number of methoxy groups -OCH3 is 1. The predicted octanol–water partition coefficient (Wildman–Crippen LogP) is 5.36. The van der Waals surface area contributed by atoms with Gasteiger partial charge in [-0.05, 0) is 23.6 Å². The molecule has 0 aliphatic heterocycles. The molecule has 0 spiro atoms. The molecule has 4 N–H and O–H groups in total. The summed E-state index contributed by atoms with van der Waals surface area (Å²) in [6.07, 6.45) is 0.304. The minimum atomic E-state index is -1.36. The molecule has 2 amide bonds. The number of carbonyl (C=O) groups is 2. The van der Waals surface area contributed by atoms with Gasteiger partial charge in [-0.15, -0.1) is 5.10 Å². The van der Waals surface area contributed by atoms with Gasteiger partial charge in [-0.3, -0.25) is 10.1 Å². The van der Waals surface area contributed by atoms with Gasteiger partial charge >= 0.3 is 6.09 Å². The molecular weight excluding hydrogens is 448 g/mol. The molecule has 9 nitrogen and oxygen atoms in total. The van der Waals surface area contributed by atoms with E-state index < -0.39 is 17.4 Å². The SMILES string of the molecule is COc1c(C(C)(C)C)c(-c2ccccc2O)cn2nc(NC(=O)O)c(C(=O)Nc3ccccc3)c12. The maximum atomic E-state index is 13.4. The molecule has 0 radical (unpaired) electrons. The molecule has 9 heteroatoms. The highest BCUT2D eigenvalue weighted by atomic mass is 16.5. The fourth-order valence-electron chi connectivity index (χ4n) is 4.14. The second-order valence-electron chi connectivity index (χ2n) is 8.99. The number of phenols is 1. The molecule has 0 unspecified atom stereocenters. The Morgan fingerprint density at radius 1 is 0.971 bits per heavy atom. The Hall–Kier alpha value is -4.53. The highest BCUT2D eigenvalue weighted by Crippen LogP contribution is 2.45. The van der Waals surface area contributed by atoms with Crippen LogP contribution in [-0.4, -0.2) is 38.9 Å². The van der Waals surface area contributed by atoms with Gasteiger partial charge in [-0.1, -0.05) is 57.2 Å². The van der Waals surface area contributed by atoms with Crippen molar-refractivity contribution in [1.29, 1.82) is 0 Å². The van der Waals surface area contributed by atoms with E-state index in [9.17, 15) is 19.8 Å². The van der Waals surface area contributed by atoms with Crippen molar-refractivity contribution in [1.82, 2.24) is 9.61 Å². The molecule has 35 heavy (non-hydrogen) atoms. The van der Waals surface area contributed by atoms with Gasteiger partial charge in [0, 0.05) is 28.6 Å². The Morgan fingerprint density at radius 3 is 2.23 bits per heavy atom. The maximum Gasteiger partial charge on any atom is 0.410 e. The number of nitrogens with zero attached hydrogens (tertiary/aromatic N) is 2. The number of pyridine rings is 1. The third kappa shape index (κ3) is 4.48. The Kier molecular flexibility index (Phi) is 6.09. The van der Waals surface area contributed by atoms with Crippen molar-refractivity contribution in [3.8, 4) is 22.6 Å². The van der Waals surface area contributed by atoms with Crippen molar-refractivity contribution in [2.24, 2.45) is 0 Å². The van der Waals surface area contributed by atoms with Crippen LogP contribution >= 0.6 is 0 Å². The van der Waals surface area contributed by atoms with Crippen LogP contribution in [0.3, 0.4) is 0 Å². The first-order chi connectivity index (χ1) is 16.6. The lowest BCUT2D eigenvalue weighted by Crippen LogP contribution is -2.18. The van der Waals surface area contributed by atoms with Gasteiger partial charge in [0.25, 0.3) is 5.91 Å². The van der Waals surface area contributed by atoms with E-state index in [1.54, 1.807) is 54.7 Å². The number of aromatic nitrogens is 2. The van der Waals surface area contributed by atoms with E-state index >= 15 is 0 Å². The smallest absolute Gasteiger partial charge is 0.410 e. The topological polar surface area (TPSA) is 125 Å². The number of phenolic OH excluding ortho intramolecular Hbond substituents is 1.